The Morgan fingerprint density at radius 2 is 1.97 bits per heavy atom. The van der Waals surface area contributed by atoms with Crippen molar-refractivity contribution in [3.63, 3.8) is 0 Å². The second-order valence-electron chi connectivity index (χ2n) is 7.13. The van der Waals surface area contributed by atoms with Crippen molar-refractivity contribution in [1.82, 2.24) is 14.9 Å². The summed E-state index contributed by atoms with van der Waals surface area (Å²) in [7, 11) is 1.61. The zero-order valence-corrected chi connectivity index (χ0v) is 16.4. The van der Waals surface area contributed by atoms with E-state index in [1.807, 2.05) is 47.4 Å². The molecule has 150 valence electrons. The number of nitrogens with one attached hydrogen (secondary N) is 1. The lowest BCUT2D eigenvalue weighted by Gasteiger charge is -2.35. The van der Waals surface area contributed by atoms with Gasteiger partial charge in [-0.05, 0) is 42.8 Å². The zero-order chi connectivity index (χ0) is 20.2. The summed E-state index contributed by atoms with van der Waals surface area (Å²) in [6.07, 6.45) is 2.52. The van der Waals surface area contributed by atoms with E-state index in [-0.39, 0.29) is 11.5 Å². The van der Waals surface area contributed by atoms with Crippen molar-refractivity contribution in [3.8, 4) is 5.75 Å². The Kier molecular flexibility index (Phi) is 5.46. The highest BCUT2D eigenvalue weighted by molar-refractivity contribution is 5.81. The summed E-state index contributed by atoms with van der Waals surface area (Å²) < 4.78 is 5.25. The molecule has 0 radical (unpaired) electrons. The van der Waals surface area contributed by atoms with E-state index in [1.54, 1.807) is 13.3 Å². The van der Waals surface area contributed by atoms with Crippen molar-refractivity contribution in [3.05, 3.63) is 64.6 Å². The van der Waals surface area contributed by atoms with Crippen molar-refractivity contribution in [2.45, 2.75) is 12.8 Å². The average molecular weight is 392 g/mol. The van der Waals surface area contributed by atoms with Gasteiger partial charge in [0.25, 0.3) is 5.56 Å². The molecule has 3 heterocycles. The van der Waals surface area contributed by atoms with Crippen LogP contribution in [0, 0.1) is 0 Å². The number of ether oxygens (including phenoxy) is 1. The Labute approximate surface area is 168 Å². The lowest BCUT2D eigenvalue weighted by molar-refractivity contribution is -0.131. The molecule has 1 aliphatic heterocycles. The highest BCUT2D eigenvalue weighted by atomic mass is 16.5. The zero-order valence-electron chi connectivity index (χ0n) is 16.4. The Morgan fingerprint density at radius 1 is 1.14 bits per heavy atom. The Hall–Kier alpha value is -3.35. The number of nitrogens with zero attached hydrogens (tertiary/aromatic N) is 3. The van der Waals surface area contributed by atoms with Crippen LogP contribution in [0.2, 0.25) is 0 Å². The van der Waals surface area contributed by atoms with Crippen LogP contribution in [0.25, 0.3) is 10.9 Å². The predicted octanol–water partition coefficient (Wildman–Crippen LogP) is 2.21. The SMILES string of the molecule is COc1ccc2[nH]c(=O)c(CCC(=O)N3CCN(c4ccccn4)CC3)cc2c1. The molecule has 0 atom stereocenters. The number of fused-ring (bicyclic) bond motifs is 1. The van der Waals surface area contributed by atoms with Gasteiger partial charge in [0.05, 0.1) is 7.11 Å². The molecule has 4 rings (SSSR count). The molecule has 1 N–H and O–H groups in total. The second kappa shape index (κ2) is 8.34. The maximum atomic E-state index is 12.6. The topological polar surface area (TPSA) is 78.5 Å². The van der Waals surface area contributed by atoms with E-state index >= 15 is 0 Å². The number of H-pyrrole nitrogens is 1. The first-order valence-corrected chi connectivity index (χ1v) is 9.78. The van der Waals surface area contributed by atoms with Crippen LogP contribution in [0.15, 0.2) is 53.5 Å². The molecule has 0 spiro atoms. The monoisotopic (exact) mass is 392 g/mol. The lowest BCUT2D eigenvalue weighted by atomic mass is 10.1. The summed E-state index contributed by atoms with van der Waals surface area (Å²) >= 11 is 0. The second-order valence-corrected chi connectivity index (χ2v) is 7.13. The van der Waals surface area contributed by atoms with E-state index in [0.29, 0.717) is 31.5 Å². The van der Waals surface area contributed by atoms with Crippen LogP contribution < -0.4 is 15.2 Å². The van der Waals surface area contributed by atoms with E-state index in [1.165, 1.54) is 0 Å². The summed E-state index contributed by atoms with van der Waals surface area (Å²) in [6, 6.07) is 13.2. The maximum Gasteiger partial charge on any atom is 0.251 e. The molecule has 7 nitrogen and oxygen atoms in total. The van der Waals surface area contributed by atoms with Gasteiger partial charge in [0.1, 0.15) is 11.6 Å². The number of amides is 1. The number of rotatable bonds is 5. The number of carbonyl (C=O) groups is 1. The first-order chi connectivity index (χ1) is 14.1. The van der Waals surface area contributed by atoms with Gasteiger partial charge in [0.15, 0.2) is 0 Å². The first kappa shape index (κ1) is 19.0. The van der Waals surface area contributed by atoms with Crippen molar-refractivity contribution >= 4 is 22.6 Å². The largest absolute Gasteiger partial charge is 0.497 e. The molecule has 1 aliphatic rings. The number of aryl methyl sites for hydroxylation is 1. The van der Waals surface area contributed by atoms with Gasteiger partial charge in [0.2, 0.25) is 5.91 Å². The van der Waals surface area contributed by atoms with Gasteiger partial charge in [-0.15, -0.1) is 0 Å². The van der Waals surface area contributed by atoms with Crippen molar-refractivity contribution in [1.29, 1.82) is 0 Å². The minimum atomic E-state index is -0.143. The lowest BCUT2D eigenvalue weighted by Crippen LogP contribution is -2.49. The van der Waals surface area contributed by atoms with Gasteiger partial charge in [-0.2, -0.15) is 0 Å². The van der Waals surface area contributed by atoms with Crippen molar-refractivity contribution in [2.24, 2.45) is 0 Å². The number of pyridine rings is 2. The summed E-state index contributed by atoms with van der Waals surface area (Å²) in [5.41, 5.74) is 1.23. The third kappa shape index (κ3) is 4.23. The number of anilines is 1. The van der Waals surface area contributed by atoms with Crippen LogP contribution in [0.4, 0.5) is 5.82 Å². The molecular formula is C22H24N4O3. The van der Waals surface area contributed by atoms with E-state index in [4.69, 9.17) is 4.74 Å². The fourth-order valence-electron chi connectivity index (χ4n) is 3.67. The number of carbonyl (C=O) groups excluding carboxylic acids is 1. The van der Waals surface area contributed by atoms with Crippen LogP contribution >= 0.6 is 0 Å². The minimum Gasteiger partial charge on any atom is -0.497 e. The summed E-state index contributed by atoms with van der Waals surface area (Å²) in [5, 5.41) is 0.898. The molecule has 1 aromatic carbocycles. The highest BCUT2D eigenvalue weighted by Gasteiger charge is 2.21. The van der Waals surface area contributed by atoms with Crippen LogP contribution in [-0.2, 0) is 11.2 Å². The van der Waals surface area contributed by atoms with Crippen LogP contribution in [0.3, 0.4) is 0 Å². The number of aromatic nitrogens is 2. The highest BCUT2D eigenvalue weighted by Crippen LogP contribution is 2.19. The number of benzene rings is 1. The minimum absolute atomic E-state index is 0.0795. The smallest absolute Gasteiger partial charge is 0.251 e. The average Bonchev–Trinajstić information content (AvgIpc) is 2.78. The quantitative estimate of drug-likeness (QED) is 0.720. The maximum absolute atomic E-state index is 12.6. The van der Waals surface area contributed by atoms with Gasteiger partial charge in [-0.3, -0.25) is 9.59 Å². The number of aromatic amines is 1. The molecule has 1 fully saturated rings. The van der Waals surface area contributed by atoms with E-state index < -0.39 is 0 Å². The Bertz CT molecular complexity index is 1060. The standard InChI is InChI=1S/C22H24N4O3/c1-29-18-6-7-19-17(15-18)14-16(22(28)24-19)5-8-21(27)26-12-10-25(11-13-26)20-4-2-3-9-23-20/h2-4,6-7,9,14-15H,5,8,10-13H2,1H3,(H,24,28). The third-order valence-corrected chi connectivity index (χ3v) is 5.34. The Morgan fingerprint density at radius 3 is 2.69 bits per heavy atom. The van der Waals surface area contributed by atoms with E-state index in [2.05, 4.69) is 14.9 Å². The molecule has 0 aliphatic carbocycles. The fraction of sp³-hybridized carbons (Fsp3) is 0.318. The molecule has 29 heavy (non-hydrogen) atoms. The molecule has 0 bridgehead atoms. The van der Waals surface area contributed by atoms with Crippen molar-refractivity contribution < 1.29 is 9.53 Å². The van der Waals surface area contributed by atoms with E-state index in [9.17, 15) is 9.59 Å². The summed E-state index contributed by atoms with van der Waals surface area (Å²) in [4.78, 5) is 36.3. The fourth-order valence-corrected chi connectivity index (χ4v) is 3.67. The molecule has 0 unspecified atom stereocenters. The predicted molar refractivity (Wildman–Crippen MR) is 112 cm³/mol. The van der Waals surface area contributed by atoms with Crippen molar-refractivity contribution in [2.75, 3.05) is 38.2 Å². The number of methoxy groups -OCH3 is 1. The van der Waals surface area contributed by atoms with Gasteiger partial charge in [-0.1, -0.05) is 6.07 Å². The van der Waals surface area contributed by atoms with Gasteiger partial charge in [0, 0.05) is 55.3 Å². The number of hydrogen-bond donors (Lipinski definition) is 1. The molecule has 2 aromatic heterocycles. The van der Waals surface area contributed by atoms with Crippen LogP contribution in [0.5, 0.6) is 5.75 Å². The normalized spacial score (nSPS) is 14.2. The van der Waals surface area contributed by atoms with Gasteiger partial charge in [-0.25, -0.2) is 4.98 Å². The Balaban J connectivity index is 1.37. The molecule has 1 saturated heterocycles. The van der Waals surface area contributed by atoms with Gasteiger partial charge >= 0.3 is 0 Å². The van der Waals surface area contributed by atoms with Crippen LogP contribution in [-0.4, -0.2) is 54.1 Å². The van der Waals surface area contributed by atoms with Gasteiger partial charge < -0.3 is 19.5 Å². The van der Waals surface area contributed by atoms with Crippen LogP contribution in [0.1, 0.15) is 12.0 Å². The molecular weight excluding hydrogens is 368 g/mol. The number of piperazine rings is 1. The summed E-state index contributed by atoms with van der Waals surface area (Å²) in [5.74, 6) is 1.76. The molecule has 7 heteroatoms. The summed E-state index contributed by atoms with van der Waals surface area (Å²) in [6.45, 7) is 2.86. The molecule has 3 aromatic rings. The first-order valence-electron chi connectivity index (χ1n) is 9.78. The molecule has 0 saturated carbocycles. The molecule has 1 amide bonds. The third-order valence-electron chi connectivity index (χ3n) is 5.34. The number of hydrogen-bond acceptors (Lipinski definition) is 5. The van der Waals surface area contributed by atoms with E-state index in [0.717, 1.165) is 35.6 Å².